The quantitative estimate of drug-likeness (QED) is 0.444. The number of ether oxygens (including phenoxy) is 2. The summed E-state index contributed by atoms with van der Waals surface area (Å²) in [6, 6.07) is 13.9. The number of nitrogens with one attached hydrogen (secondary N) is 1. The van der Waals surface area contributed by atoms with Crippen LogP contribution in [0.4, 0.5) is 0 Å². The molecule has 0 radical (unpaired) electrons. The summed E-state index contributed by atoms with van der Waals surface area (Å²) in [5.41, 5.74) is 3.23. The largest absolute Gasteiger partial charge is 0.493 e. The molecule has 7 heteroatoms. The van der Waals surface area contributed by atoms with E-state index in [2.05, 4.69) is 41.3 Å². The average molecular weight is 397 g/mol. The van der Waals surface area contributed by atoms with Crippen molar-refractivity contribution >= 4 is 18.4 Å². The Morgan fingerprint density at radius 1 is 1.21 bits per heavy atom. The summed E-state index contributed by atoms with van der Waals surface area (Å²) in [6.07, 6.45) is 3.51. The first-order valence-corrected chi connectivity index (χ1v) is 9.59. The lowest BCUT2D eigenvalue weighted by Gasteiger charge is -2.12. The Kier molecular flexibility index (Phi) is 6.60. The third-order valence-electron chi connectivity index (χ3n) is 4.35. The van der Waals surface area contributed by atoms with Crippen LogP contribution in [0.15, 0.2) is 47.6 Å². The third kappa shape index (κ3) is 4.67. The van der Waals surface area contributed by atoms with Crippen molar-refractivity contribution in [3.05, 3.63) is 69.8 Å². The van der Waals surface area contributed by atoms with Crippen LogP contribution in [0, 0.1) is 11.7 Å². The summed E-state index contributed by atoms with van der Waals surface area (Å²) in [5, 5.41) is 11.5. The smallest absolute Gasteiger partial charge is 0.216 e. The fraction of sp³-hybridized carbons (Fsp3) is 0.286. The number of aryl methyl sites for hydroxylation is 2. The molecule has 0 unspecified atom stereocenters. The Morgan fingerprint density at radius 2 is 2.04 bits per heavy atom. The summed E-state index contributed by atoms with van der Waals surface area (Å²) >= 11 is 5.25. The number of H-pyrrole nitrogens is 1. The Balaban J connectivity index is 1.77. The molecule has 2 aromatic carbocycles. The van der Waals surface area contributed by atoms with Crippen LogP contribution in [-0.2, 0) is 13.0 Å². The number of methoxy groups -OCH3 is 1. The molecule has 0 bridgehead atoms. The summed E-state index contributed by atoms with van der Waals surface area (Å²) in [4.78, 5) is 0. The first kappa shape index (κ1) is 19.8. The van der Waals surface area contributed by atoms with E-state index in [-0.39, 0.29) is 0 Å². The standard InChI is InChI=1S/C21H24N4O2S/c1-4-7-20-23-24-21(28)25(20)22-13-16-10-11-18(19(12-16)26-3)27-14-17-9-6-5-8-15(17)2/h5-6,8-13H,4,7,14H2,1-3H3,(H,24,28)/b22-13+. The second kappa shape index (κ2) is 9.32. The third-order valence-corrected chi connectivity index (χ3v) is 4.61. The van der Waals surface area contributed by atoms with E-state index >= 15 is 0 Å². The van der Waals surface area contributed by atoms with Gasteiger partial charge in [0, 0.05) is 6.42 Å². The summed E-state index contributed by atoms with van der Waals surface area (Å²) in [5.74, 6) is 2.16. The highest BCUT2D eigenvalue weighted by Gasteiger charge is 2.07. The molecule has 0 aliphatic heterocycles. The fourth-order valence-corrected chi connectivity index (χ4v) is 2.96. The fourth-order valence-electron chi connectivity index (χ4n) is 2.76. The van der Waals surface area contributed by atoms with Crippen LogP contribution in [0.25, 0.3) is 0 Å². The van der Waals surface area contributed by atoms with E-state index in [1.54, 1.807) is 18.0 Å². The molecule has 6 nitrogen and oxygen atoms in total. The molecule has 1 heterocycles. The van der Waals surface area contributed by atoms with Crippen LogP contribution in [0.2, 0.25) is 0 Å². The Labute approximate surface area is 169 Å². The highest BCUT2D eigenvalue weighted by molar-refractivity contribution is 7.71. The van der Waals surface area contributed by atoms with Gasteiger partial charge in [0.1, 0.15) is 6.61 Å². The monoisotopic (exact) mass is 396 g/mol. The zero-order valence-corrected chi connectivity index (χ0v) is 17.1. The van der Waals surface area contributed by atoms with E-state index in [1.807, 2.05) is 30.3 Å². The molecule has 0 aliphatic carbocycles. The van der Waals surface area contributed by atoms with Crippen LogP contribution in [-0.4, -0.2) is 28.2 Å². The van der Waals surface area contributed by atoms with Crippen LogP contribution in [0.1, 0.15) is 35.9 Å². The van der Waals surface area contributed by atoms with Gasteiger partial charge in [0.25, 0.3) is 0 Å². The van der Waals surface area contributed by atoms with Crippen molar-refractivity contribution in [1.29, 1.82) is 0 Å². The van der Waals surface area contributed by atoms with Gasteiger partial charge in [-0.1, -0.05) is 31.2 Å². The van der Waals surface area contributed by atoms with Gasteiger partial charge in [-0.05, 0) is 60.5 Å². The van der Waals surface area contributed by atoms with E-state index in [1.165, 1.54) is 5.56 Å². The molecule has 0 amide bonds. The van der Waals surface area contributed by atoms with Crippen LogP contribution in [0.5, 0.6) is 11.5 Å². The molecule has 0 fully saturated rings. The molecule has 146 valence electrons. The molecule has 1 N–H and O–H groups in total. The Morgan fingerprint density at radius 3 is 2.79 bits per heavy atom. The van der Waals surface area contributed by atoms with Gasteiger partial charge in [0.15, 0.2) is 17.3 Å². The van der Waals surface area contributed by atoms with Crippen LogP contribution in [0.3, 0.4) is 0 Å². The average Bonchev–Trinajstić information content (AvgIpc) is 3.05. The van der Waals surface area contributed by atoms with E-state index in [9.17, 15) is 0 Å². The number of aromatic nitrogens is 3. The van der Waals surface area contributed by atoms with Gasteiger partial charge >= 0.3 is 0 Å². The highest BCUT2D eigenvalue weighted by atomic mass is 32.1. The van der Waals surface area contributed by atoms with Gasteiger partial charge in [-0.15, -0.1) is 0 Å². The van der Waals surface area contributed by atoms with Gasteiger partial charge < -0.3 is 9.47 Å². The zero-order chi connectivity index (χ0) is 19.9. The second-order valence-electron chi connectivity index (χ2n) is 6.38. The second-order valence-corrected chi connectivity index (χ2v) is 6.76. The SMILES string of the molecule is CCCc1n[nH]c(=S)n1/N=C/c1ccc(OCc2ccccc2C)c(OC)c1. The molecule has 0 saturated heterocycles. The predicted octanol–water partition coefficient (Wildman–Crippen LogP) is 4.67. The Hall–Kier alpha value is -2.93. The molecule has 0 spiro atoms. The molecule has 28 heavy (non-hydrogen) atoms. The molecule has 0 saturated carbocycles. The zero-order valence-electron chi connectivity index (χ0n) is 16.3. The highest BCUT2D eigenvalue weighted by Crippen LogP contribution is 2.28. The maximum atomic E-state index is 5.96. The summed E-state index contributed by atoms with van der Waals surface area (Å²) < 4.78 is 13.6. The minimum Gasteiger partial charge on any atom is -0.493 e. The number of hydrogen-bond acceptors (Lipinski definition) is 5. The van der Waals surface area contributed by atoms with Crippen molar-refractivity contribution in [2.24, 2.45) is 5.10 Å². The lowest BCUT2D eigenvalue weighted by molar-refractivity contribution is 0.284. The maximum absolute atomic E-state index is 5.96. The van der Waals surface area contributed by atoms with E-state index in [4.69, 9.17) is 21.7 Å². The topological polar surface area (TPSA) is 64.4 Å². The number of rotatable bonds is 8. The lowest BCUT2D eigenvalue weighted by atomic mass is 10.1. The molecule has 1 aromatic heterocycles. The van der Waals surface area contributed by atoms with Crippen LogP contribution >= 0.6 is 12.2 Å². The van der Waals surface area contributed by atoms with Crippen molar-refractivity contribution in [2.75, 3.05) is 7.11 Å². The maximum Gasteiger partial charge on any atom is 0.216 e. The number of nitrogens with zero attached hydrogens (tertiary/aromatic N) is 3. The first-order chi connectivity index (χ1) is 13.6. The van der Waals surface area contributed by atoms with Crippen molar-refractivity contribution in [1.82, 2.24) is 14.9 Å². The van der Waals surface area contributed by atoms with Crippen molar-refractivity contribution in [3.63, 3.8) is 0 Å². The summed E-state index contributed by atoms with van der Waals surface area (Å²) in [6.45, 7) is 4.65. The number of hydrogen-bond donors (Lipinski definition) is 1. The minimum absolute atomic E-state index is 0.477. The molecule has 0 aliphatic rings. The minimum atomic E-state index is 0.477. The van der Waals surface area contributed by atoms with Gasteiger partial charge in [-0.2, -0.15) is 14.9 Å². The van der Waals surface area contributed by atoms with Gasteiger partial charge in [-0.25, -0.2) is 0 Å². The summed E-state index contributed by atoms with van der Waals surface area (Å²) in [7, 11) is 1.63. The molecule has 3 aromatic rings. The Bertz CT molecular complexity index is 1020. The normalized spacial score (nSPS) is 11.1. The van der Waals surface area contributed by atoms with E-state index in [0.29, 0.717) is 22.9 Å². The van der Waals surface area contributed by atoms with Gasteiger partial charge in [0.05, 0.1) is 13.3 Å². The van der Waals surface area contributed by atoms with Crippen molar-refractivity contribution in [3.8, 4) is 11.5 Å². The van der Waals surface area contributed by atoms with E-state index in [0.717, 1.165) is 29.8 Å². The molecular weight excluding hydrogens is 372 g/mol. The van der Waals surface area contributed by atoms with Crippen molar-refractivity contribution in [2.45, 2.75) is 33.3 Å². The van der Waals surface area contributed by atoms with Gasteiger partial charge in [0.2, 0.25) is 4.77 Å². The number of benzene rings is 2. The first-order valence-electron chi connectivity index (χ1n) is 9.18. The molecule has 3 rings (SSSR count). The van der Waals surface area contributed by atoms with Gasteiger partial charge in [-0.3, -0.25) is 5.10 Å². The van der Waals surface area contributed by atoms with Crippen molar-refractivity contribution < 1.29 is 9.47 Å². The molecular formula is C21H24N4O2S. The molecule has 0 atom stereocenters. The number of aromatic amines is 1. The van der Waals surface area contributed by atoms with Crippen LogP contribution < -0.4 is 9.47 Å². The predicted molar refractivity (Wildman–Crippen MR) is 113 cm³/mol. The van der Waals surface area contributed by atoms with E-state index < -0.39 is 0 Å². The lowest BCUT2D eigenvalue weighted by Crippen LogP contribution is -2.01.